The minimum atomic E-state index is 0.0378. The topological polar surface area (TPSA) is 32.3 Å². The zero-order valence-corrected chi connectivity index (χ0v) is 7.71. The van der Waals surface area contributed by atoms with Crippen LogP contribution in [0.15, 0.2) is 12.7 Å². The van der Waals surface area contributed by atoms with Gasteiger partial charge in [-0.2, -0.15) is 0 Å². The lowest BCUT2D eigenvalue weighted by Crippen LogP contribution is -2.55. The second-order valence-corrected chi connectivity index (χ2v) is 3.35. The summed E-state index contributed by atoms with van der Waals surface area (Å²) >= 11 is 0. The van der Waals surface area contributed by atoms with Gasteiger partial charge in [-0.25, -0.2) is 0 Å². The summed E-state index contributed by atoms with van der Waals surface area (Å²) in [4.78, 5) is 13.2. The first-order chi connectivity index (χ1) is 5.65. The lowest BCUT2D eigenvalue weighted by molar-refractivity contribution is -0.129. The molecule has 68 valence electrons. The molecule has 0 aliphatic carbocycles. The highest BCUT2D eigenvalue weighted by molar-refractivity contribution is 5.87. The predicted molar refractivity (Wildman–Crippen MR) is 48.8 cm³/mol. The summed E-state index contributed by atoms with van der Waals surface area (Å²) in [5, 5.41) is 3.31. The molecule has 1 N–H and O–H groups in total. The molecule has 1 amide bonds. The van der Waals surface area contributed by atoms with E-state index in [1.807, 2.05) is 11.8 Å². The molecule has 0 radical (unpaired) electrons. The Bertz CT molecular complexity index is 191. The second kappa shape index (κ2) is 3.72. The van der Waals surface area contributed by atoms with Gasteiger partial charge >= 0.3 is 0 Å². The molecule has 12 heavy (non-hydrogen) atoms. The van der Waals surface area contributed by atoms with Crippen molar-refractivity contribution < 1.29 is 4.79 Å². The van der Waals surface area contributed by atoms with E-state index < -0.39 is 0 Å². The number of rotatable bonds is 1. The van der Waals surface area contributed by atoms with Gasteiger partial charge in [0.05, 0.1) is 0 Å². The average molecular weight is 168 g/mol. The van der Waals surface area contributed by atoms with Crippen LogP contribution in [-0.2, 0) is 4.79 Å². The predicted octanol–water partition coefficient (Wildman–Crippen LogP) is 0.381. The summed E-state index contributed by atoms with van der Waals surface area (Å²) in [5.74, 6) is 0.0378. The number of hydrogen-bond donors (Lipinski definition) is 1. The van der Waals surface area contributed by atoms with Gasteiger partial charge in [-0.3, -0.25) is 4.79 Å². The second-order valence-electron chi connectivity index (χ2n) is 3.35. The monoisotopic (exact) mass is 168 g/mol. The molecule has 1 aliphatic heterocycles. The summed E-state index contributed by atoms with van der Waals surface area (Å²) in [6.07, 6.45) is 1.38. The van der Waals surface area contributed by atoms with E-state index in [1.165, 1.54) is 6.08 Å². The third-order valence-electron chi connectivity index (χ3n) is 2.22. The quantitative estimate of drug-likeness (QED) is 0.574. The van der Waals surface area contributed by atoms with Gasteiger partial charge in [-0.1, -0.05) is 6.58 Å². The summed E-state index contributed by atoms with van der Waals surface area (Å²) in [5.41, 5.74) is 0. The minimum absolute atomic E-state index is 0.0378. The Morgan fingerprint density at radius 2 is 2.33 bits per heavy atom. The molecule has 1 heterocycles. The van der Waals surface area contributed by atoms with Crippen molar-refractivity contribution in [1.82, 2.24) is 10.2 Å². The first-order valence-electron chi connectivity index (χ1n) is 4.31. The van der Waals surface area contributed by atoms with E-state index in [0.29, 0.717) is 6.04 Å². The van der Waals surface area contributed by atoms with E-state index >= 15 is 0 Å². The lowest BCUT2D eigenvalue weighted by Gasteiger charge is -2.36. The minimum Gasteiger partial charge on any atom is -0.334 e. The van der Waals surface area contributed by atoms with Crippen molar-refractivity contribution >= 4 is 5.91 Å². The maximum Gasteiger partial charge on any atom is 0.246 e. The number of carbonyl (C=O) groups is 1. The molecule has 0 aromatic heterocycles. The van der Waals surface area contributed by atoms with Gasteiger partial charge < -0.3 is 10.2 Å². The van der Waals surface area contributed by atoms with Gasteiger partial charge in [-0.05, 0) is 19.9 Å². The molecule has 1 saturated heterocycles. The Morgan fingerprint density at radius 3 is 2.92 bits per heavy atom. The fourth-order valence-electron chi connectivity index (χ4n) is 1.45. The van der Waals surface area contributed by atoms with Gasteiger partial charge in [0.15, 0.2) is 0 Å². The third-order valence-corrected chi connectivity index (χ3v) is 2.22. The van der Waals surface area contributed by atoms with Crippen LogP contribution in [0.4, 0.5) is 0 Å². The van der Waals surface area contributed by atoms with Gasteiger partial charge in [0, 0.05) is 25.2 Å². The number of amides is 1. The fraction of sp³-hybridized carbons (Fsp3) is 0.667. The number of nitrogens with one attached hydrogen (secondary N) is 1. The molecule has 1 rings (SSSR count). The lowest BCUT2D eigenvalue weighted by atomic mass is 10.1. The number of hydrogen-bond acceptors (Lipinski definition) is 2. The number of carbonyl (C=O) groups excluding carboxylic acids is 1. The van der Waals surface area contributed by atoms with Crippen molar-refractivity contribution in [2.75, 3.05) is 13.1 Å². The van der Waals surface area contributed by atoms with E-state index in [0.717, 1.165) is 13.1 Å². The highest BCUT2D eigenvalue weighted by atomic mass is 16.2. The summed E-state index contributed by atoms with van der Waals surface area (Å²) in [6, 6.07) is 0.678. The van der Waals surface area contributed by atoms with Crippen molar-refractivity contribution in [3.8, 4) is 0 Å². The third kappa shape index (κ3) is 1.85. The van der Waals surface area contributed by atoms with E-state index in [4.69, 9.17) is 0 Å². The van der Waals surface area contributed by atoms with Crippen molar-refractivity contribution in [2.45, 2.75) is 25.9 Å². The van der Waals surface area contributed by atoms with Crippen LogP contribution in [0.25, 0.3) is 0 Å². The van der Waals surface area contributed by atoms with Gasteiger partial charge in [0.2, 0.25) is 5.91 Å². The Balaban J connectivity index is 2.60. The molecule has 3 heteroatoms. The maximum atomic E-state index is 11.3. The summed E-state index contributed by atoms with van der Waals surface area (Å²) < 4.78 is 0. The highest BCUT2D eigenvalue weighted by Gasteiger charge is 2.24. The Labute approximate surface area is 73.4 Å². The average Bonchev–Trinajstić information content (AvgIpc) is 2.08. The molecule has 3 nitrogen and oxygen atoms in total. The molecule has 1 aliphatic rings. The molecule has 0 saturated carbocycles. The van der Waals surface area contributed by atoms with Crippen LogP contribution in [0.5, 0.6) is 0 Å². The maximum absolute atomic E-state index is 11.3. The molecular weight excluding hydrogens is 152 g/mol. The van der Waals surface area contributed by atoms with Crippen molar-refractivity contribution in [2.24, 2.45) is 0 Å². The number of nitrogens with zero attached hydrogens (tertiary/aromatic N) is 1. The van der Waals surface area contributed by atoms with Gasteiger partial charge in [0.25, 0.3) is 0 Å². The zero-order valence-electron chi connectivity index (χ0n) is 7.71. The van der Waals surface area contributed by atoms with E-state index in [1.54, 1.807) is 0 Å². The van der Waals surface area contributed by atoms with E-state index in [2.05, 4.69) is 18.8 Å². The van der Waals surface area contributed by atoms with Crippen LogP contribution in [-0.4, -0.2) is 36.0 Å². The molecule has 1 fully saturated rings. The van der Waals surface area contributed by atoms with Gasteiger partial charge in [-0.15, -0.1) is 0 Å². The molecule has 0 bridgehead atoms. The summed E-state index contributed by atoms with van der Waals surface area (Å²) in [6.45, 7) is 9.26. The Hall–Kier alpha value is -0.830. The Morgan fingerprint density at radius 1 is 1.67 bits per heavy atom. The van der Waals surface area contributed by atoms with Crippen molar-refractivity contribution in [1.29, 1.82) is 0 Å². The SMILES string of the molecule is C=CC(=O)N1C[C@H](C)NC[C@H]1C. The van der Waals surface area contributed by atoms with E-state index in [-0.39, 0.29) is 11.9 Å². The van der Waals surface area contributed by atoms with Crippen LogP contribution >= 0.6 is 0 Å². The standard InChI is InChI=1S/C9H16N2O/c1-4-9(12)11-6-7(2)10-5-8(11)3/h4,7-8,10H,1,5-6H2,2-3H3/t7-,8+/m0/s1. The molecule has 0 unspecified atom stereocenters. The first kappa shape index (κ1) is 9.26. The smallest absolute Gasteiger partial charge is 0.246 e. The number of piperazine rings is 1. The van der Waals surface area contributed by atoms with Crippen LogP contribution in [0.2, 0.25) is 0 Å². The molecule has 0 aromatic carbocycles. The summed E-state index contributed by atoms with van der Waals surface area (Å²) in [7, 11) is 0. The van der Waals surface area contributed by atoms with Crippen LogP contribution in [0, 0.1) is 0 Å². The van der Waals surface area contributed by atoms with E-state index in [9.17, 15) is 4.79 Å². The normalized spacial score (nSPS) is 30.0. The molecule has 0 spiro atoms. The van der Waals surface area contributed by atoms with Crippen LogP contribution in [0.1, 0.15) is 13.8 Å². The molecule has 2 atom stereocenters. The van der Waals surface area contributed by atoms with Crippen molar-refractivity contribution in [3.63, 3.8) is 0 Å². The first-order valence-corrected chi connectivity index (χ1v) is 4.31. The zero-order chi connectivity index (χ0) is 9.14. The largest absolute Gasteiger partial charge is 0.334 e. The molecular formula is C9H16N2O. The van der Waals surface area contributed by atoms with Crippen LogP contribution < -0.4 is 5.32 Å². The van der Waals surface area contributed by atoms with Crippen molar-refractivity contribution in [3.05, 3.63) is 12.7 Å². The molecule has 0 aromatic rings. The highest BCUT2D eigenvalue weighted by Crippen LogP contribution is 2.06. The van der Waals surface area contributed by atoms with Crippen LogP contribution in [0.3, 0.4) is 0 Å². The Kier molecular flexibility index (Phi) is 2.87. The van der Waals surface area contributed by atoms with Gasteiger partial charge in [0.1, 0.15) is 0 Å². The fourth-order valence-corrected chi connectivity index (χ4v) is 1.45.